The summed E-state index contributed by atoms with van der Waals surface area (Å²) < 4.78 is 0. The fraction of sp³-hybridized carbons (Fsp3) is 0.273. The van der Waals surface area contributed by atoms with Crippen molar-refractivity contribution in [3.05, 3.63) is 35.4 Å². The van der Waals surface area contributed by atoms with Crippen LogP contribution in [0.3, 0.4) is 0 Å². The van der Waals surface area contributed by atoms with Crippen LogP contribution in [0.25, 0.3) is 0 Å². The Hall–Kier alpha value is -1.72. The summed E-state index contributed by atoms with van der Waals surface area (Å²) in [5.74, 6) is -1.01. The molecule has 0 saturated carbocycles. The van der Waals surface area contributed by atoms with E-state index in [0.29, 0.717) is 11.1 Å². The van der Waals surface area contributed by atoms with Crippen LogP contribution in [0.15, 0.2) is 24.3 Å². The average Bonchev–Trinajstić information content (AvgIpc) is 2.53. The lowest BCUT2D eigenvalue weighted by molar-refractivity contribution is -0.0476. The van der Waals surface area contributed by atoms with E-state index in [9.17, 15) is 14.7 Å². The maximum atomic E-state index is 11.9. The molecule has 0 spiro atoms. The standard InChI is InChI=1S/C11H12N2O3/c1-11(16,6-12)13-9(14)7-4-2-3-5-8(7)10(13)15/h2-5,16H,6,12H2,1H3. The number of rotatable bonds is 2. The number of aliphatic hydroxyl groups is 1. The van der Waals surface area contributed by atoms with Gasteiger partial charge in [0.05, 0.1) is 11.1 Å². The van der Waals surface area contributed by atoms with Crippen molar-refractivity contribution in [2.45, 2.75) is 12.6 Å². The Morgan fingerprint density at radius 1 is 1.25 bits per heavy atom. The molecule has 16 heavy (non-hydrogen) atoms. The van der Waals surface area contributed by atoms with Crippen molar-refractivity contribution in [2.75, 3.05) is 6.54 Å². The third-order valence-corrected chi connectivity index (χ3v) is 2.66. The van der Waals surface area contributed by atoms with Gasteiger partial charge in [0.2, 0.25) is 0 Å². The van der Waals surface area contributed by atoms with E-state index in [-0.39, 0.29) is 6.54 Å². The summed E-state index contributed by atoms with van der Waals surface area (Å²) in [4.78, 5) is 24.6. The second-order valence-corrected chi connectivity index (χ2v) is 3.91. The smallest absolute Gasteiger partial charge is 0.263 e. The largest absolute Gasteiger partial charge is 0.369 e. The molecule has 0 bridgehead atoms. The van der Waals surface area contributed by atoms with Gasteiger partial charge in [0.1, 0.15) is 0 Å². The van der Waals surface area contributed by atoms with Crippen LogP contribution in [-0.4, -0.2) is 34.1 Å². The minimum atomic E-state index is -1.65. The van der Waals surface area contributed by atoms with Crippen molar-refractivity contribution in [1.29, 1.82) is 0 Å². The van der Waals surface area contributed by atoms with Crippen molar-refractivity contribution in [3.8, 4) is 0 Å². The second kappa shape index (κ2) is 3.40. The van der Waals surface area contributed by atoms with E-state index in [4.69, 9.17) is 5.73 Å². The van der Waals surface area contributed by atoms with Crippen molar-refractivity contribution >= 4 is 11.8 Å². The van der Waals surface area contributed by atoms with Gasteiger partial charge in [-0.05, 0) is 19.1 Å². The van der Waals surface area contributed by atoms with Gasteiger partial charge in [0.25, 0.3) is 11.8 Å². The third kappa shape index (κ3) is 1.33. The molecule has 3 N–H and O–H groups in total. The molecule has 1 atom stereocenters. The molecule has 0 aromatic heterocycles. The fourth-order valence-corrected chi connectivity index (χ4v) is 1.72. The highest BCUT2D eigenvalue weighted by molar-refractivity contribution is 6.21. The molecular formula is C11H12N2O3. The molecule has 0 fully saturated rings. The normalized spacial score (nSPS) is 18.6. The molecule has 1 heterocycles. The van der Waals surface area contributed by atoms with E-state index in [1.807, 2.05) is 0 Å². The molecule has 1 aromatic carbocycles. The lowest BCUT2D eigenvalue weighted by Gasteiger charge is -2.30. The molecule has 2 amide bonds. The minimum absolute atomic E-state index is 0.196. The predicted octanol–water partition coefficient (Wildman–Crippen LogP) is -0.0502. The van der Waals surface area contributed by atoms with Gasteiger partial charge < -0.3 is 10.8 Å². The molecule has 1 unspecified atom stereocenters. The van der Waals surface area contributed by atoms with Gasteiger partial charge in [0, 0.05) is 6.54 Å². The number of carbonyl (C=O) groups excluding carboxylic acids is 2. The van der Waals surface area contributed by atoms with E-state index in [2.05, 4.69) is 0 Å². The van der Waals surface area contributed by atoms with Gasteiger partial charge in [-0.2, -0.15) is 0 Å². The van der Waals surface area contributed by atoms with E-state index in [0.717, 1.165) is 4.90 Å². The first kappa shape index (κ1) is 10.8. The Balaban J connectivity index is 2.51. The quantitative estimate of drug-likeness (QED) is 0.684. The molecule has 84 valence electrons. The number of fused-ring (bicyclic) bond motifs is 1. The third-order valence-electron chi connectivity index (χ3n) is 2.66. The summed E-state index contributed by atoms with van der Waals surface area (Å²) in [5.41, 5.74) is 4.32. The summed E-state index contributed by atoms with van der Waals surface area (Å²) in [5, 5.41) is 9.90. The van der Waals surface area contributed by atoms with E-state index in [1.165, 1.54) is 6.92 Å². The zero-order valence-electron chi connectivity index (χ0n) is 8.80. The number of hydrogen-bond donors (Lipinski definition) is 2. The van der Waals surface area contributed by atoms with E-state index in [1.54, 1.807) is 24.3 Å². The summed E-state index contributed by atoms with van der Waals surface area (Å²) in [7, 11) is 0. The molecule has 0 radical (unpaired) electrons. The van der Waals surface area contributed by atoms with Crippen molar-refractivity contribution in [2.24, 2.45) is 5.73 Å². The number of amides is 2. The van der Waals surface area contributed by atoms with Crippen molar-refractivity contribution in [1.82, 2.24) is 4.90 Å². The topological polar surface area (TPSA) is 83.6 Å². The van der Waals surface area contributed by atoms with Crippen molar-refractivity contribution < 1.29 is 14.7 Å². The Morgan fingerprint density at radius 3 is 2.06 bits per heavy atom. The summed E-state index contributed by atoms with van der Waals surface area (Å²) in [6.45, 7) is 1.15. The van der Waals surface area contributed by atoms with Crippen LogP contribution < -0.4 is 5.73 Å². The van der Waals surface area contributed by atoms with Crippen LogP contribution in [0, 0.1) is 0 Å². The number of imide groups is 1. The van der Waals surface area contributed by atoms with Gasteiger partial charge in [-0.25, -0.2) is 4.90 Å². The maximum Gasteiger partial charge on any atom is 0.263 e. The lowest BCUT2D eigenvalue weighted by Crippen LogP contribution is -2.54. The van der Waals surface area contributed by atoms with Gasteiger partial charge in [0.15, 0.2) is 5.72 Å². The van der Waals surface area contributed by atoms with Crippen LogP contribution in [-0.2, 0) is 0 Å². The van der Waals surface area contributed by atoms with Crippen LogP contribution in [0.2, 0.25) is 0 Å². The fourth-order valence-electron chi connectivity index (χ4n) is 1.72. The van der Waals surface area contributed by atoms with E-state index < -0.39 is 17.5 Å². The molecule has 1 aromatic rings. The molecule has 2 rings (SSSR count). The van der Waals surface area contributed by atoms with Gasteiger partial charge in [-0.1, -0.05) is 12.1 Å². The average molecular weight is 220 g/mol. The highest BCUT2D eigenvalue weighted by atomic mass is 16.3. The zero-order valence-corrected chi connectivity index (χ0v) is 8.80. The lowest BCUT2D eigenvalue weighted by atomic mass is 10.1. The first-order chi connectivity index (χ1) is 7.49. The Morgan fingerprint density at radius 2 is 1.69 bits per heavy atom. The van der Waals surface area contributed by atoms with Gasteiger partial charge >= 0.3 is 0 Å². The molecule has 0 aliphatic carbocycles. The SMILES string of the molecule is CC(O)(CN)N1C(=O)c2ccccc2C1=O. The zero-order chi connectivity index (χ0) is 11.9. The Bertz CT molecular complexity index is 433. The summed E-state index contributed by atoms with van der Waals surface area (Å²) in [6, 6.07) is 6.46. The van der Waals surface area contributed by atoms with Crippen LogP contribution in [0.4, 0.5) is 0 Å². The second-order valence-electron chi connectivity index (χ2n) is 3.91. The van der Waals surface area contributed by atoms with Crippen LogP contribution in [0.1, 0.15) is 27.6 Å². The maximum absolute atomic E-state index is 11.9. The summed E-state index contributed by atoms with van der Waals surface area (Å²) in [6.07, 6.45) is 0. The highest BCUT2D eigenvalue weighted by Gasteiger charge is 2.44. The van der Waals surface area contributed by atoms with Crippen LogP contribution >= 0.6 is 0 Å². The number of nitrogens with two attached hydrogens (primary N) is 1. The highest BCUT2D eigenvalue weighted by Crippen LogP contribution is 2.27. The molecule has 5 nitrogen and oxygen atoms in total. The molecule has 1 aliphatic rings. The number of carbonyl (C=O) groups is 2. The van der Waals surface area contributed by atoms with Crippen LogP contribution in [0.5, 0.6) is 0 Å². The predicted molar refractivity (Wildman–Crippen MR) is 56.6 cm³/mol. The Kier molecular flexibility index (Phi) is 2.29. The molecule has 5 heteroatoms. The molecular weight excluding hydrogens is 208 g/mol. The molecule has 0 saturated heterocycles. The molecule has 1 aliphatic heterocycles. The summed E-state index contributed by atoms with van der Waals surface area (Å²) >= 11 is 0. The number of benzene rings is 1. The van der Waals surface area contributed by atoms with E-state index >= 15 is 0 Å². The first-order valence-corrected chi connectivity index (χ1v) is 4.89. The number of hydrogen-bond acceptors (Lipinski definition) is 4. The van der Waals surface area contributed by atoms with Gasteiger partial charge in [-0.3, -0.25) is 9.59 Å². The Labute approximate surface area is 92.5 Å². The monoisotopic (exact) mass is 220 g/mol. The first-order valence-electron chi connectivity index (χ1n) is 4.89. The minimum Gasteiger partial charge on any atom is -0.369 e. The van der Waals surface area contributed by atoms with Gasteiger partial charge in [-0.15, -0.1) is 0 Å². The van der Waals surface area contributed by atoms with Crippen molar-refractivity contribution in [3.63, 3.8) is 0 Å². The number of nitrogens with zero attached hydrogens (tertiary/aromatic N) is 1.